The first-order chi connectivity index (χ1) is 8.84. The lowest BCUT2D eigenvalue weighted by molar-refractivity contribution is 0.142. The number of likely N-dealkylation sites (N-methyl/N-ethyl adjacent to an activating group) is 1. The quantitative estimate of drug-likeness (QED) is 0.797. The van der Waals surface area contributed by atoms with E-state index < -0.39 is 10.0 Å². The third-order valence-electron chi connectivity index (χ3n) is 2.75. The van der Waals surface area contributed by atoms with E-state index in [1.807, 2.05) is 6.92 Å². The maximum Gasteiger partial charge on any atom is 0.244 e. The van der Waals surface area contributed by atoms with Crippen molar-refractivity contribution in [1.82, 2.24) is 4.31 Å². The van der Waals surface area contributed by atoms with Gasteiger partial charge in [-0.3, -0.25) is 0 Å². The molecule has 0 radical (unpaired) electrons. The van der Waals surface area contributed by atoms with Crippen LogP contribution in [0.3, 0.4) is 0 Å². The number of methoxy groups -OCH3 is 1. The highest BCUT2D eigenvalue weighted by Gasteiger charge is 2.29. The average Bonchev–Trinajstić information content (AvgIpc) is 2.33. The van der Waals surface area contributed by atoms with E-state index in [1.165, 1.54) is 10.4 Å². The SMILES string of the molecule is CCN(C(C)COC)S(=O)(=O)c1cc(N)ccc1Br. The van der Waals surface area contributed by atoms with Crippen LogP contribution in [0.5, 0.6) is 0 Å². The molecule has 19 heavy (non-hydrogen) atoms. The lowest BCUT2D eigenvalue weighted by Gasteiger charge is -2.27. The first kappa shape index (κ1) is 16.4. The fourth-order valence-corrected chi connectivity index (χ4v) is 4.47. The van der Waals surface area contributed by atoms with Crippen LogP contribution >= 0.6 is 15.9 Å². The van der Waals surface area contributed by atoms with Crippen molar-refractivity contribution in [2.24, 2.45) is 0 Å². The molecule has 1 unspecified atom stereocenters. The zero-order chi connectivity index (χ0) is 14.6. The second kappa shape index (κ2) is 6.69. The Morgan fingerprint density at radius 3 is 2.63 bits per heavy atom. The number of rotatable bonds is 6. The molecule has 0 aliphatic rings. The van der Waals surface area contributed by atoms with Crippen molar-refractivity contribution in [1.29, 1.82) is 0 Å². The van der Waals surface area contributed by atoms with Crippen LogP contribution in [0.2, 0.25) is 0 Å². The van der Waals surface area contributed by atoms with E-state index in [-0.39, 0.29) is 10.9 Å². The molecule has 0 saturated heterocycles. The Morgan fingerprint density at radius 1 is 1.47 bits per heavy atom. The van der Waals surface area contributed by atoms with Crippen molar-refractivity contribution < 1.29 is 13.2 Å². The number of halogens is 1. The highest BCUT2D eigenvalue weighted by atomic mass is 79.9. The molecule has 0 aliphatic carbocycles. The number of hydrogen-bond acceptors (Lipinski definition) is 4. The first-order valence-corrected chi connectivity index (χ1v) is 8.13. The zero-order valence-corrected chi connectivity index (χ0v) is 13.7. The highest BCUT2D eigenvalue weighted by molar-refractivity contribution is 9.10. The van der Waals surface area contributed by atoms with Crippen LogP contribution in [0.1, 0.15) is 13.8 Å². The maximum atomic E-state index is 12.6. The smallest absolute Gasteiger partial charge is 0.244 e. The van der Waals surface area contributed by atoms with Gasteiger partial charge in [0.2, 0.25) is 10.0 Å². The van der Waals surface area contributed by atoms with Gasteiger partial charge in [0.05, 0.1) is 11.5 Å². The van der Waals surface area contributed by atoms with Crippen LogP contribution in [0.15, 0.2) is 27.6 Å². The van der Waals surface area contributed by atoms with Crippen LogP contribution in [-0.2, 0) is 14.8 Å². The molecule has 0 aliphatic heterocycles. The Morgan fingerprint density at radius 2 is 2.11 bits per heavy atom. The average molecular weight is 351 g/mol. The summed E-state index contributed by atoms with van der Waals surface area (Å²) in [4.78, 5) is 0.178. The minimum Gasteiger partial charge on any atom is -0.399 e. The van der Waals surface area contributed by atoms with Gasteiger partial charge in [0.1, 0.15) is 0 Å². The van der Waals surface area contributed by atoms with E-state index in [9.17, 15) is 8.42 Å². The summed E-state index contributed by atoms with van der Waals surface area (Å²) in [7, 11) is -2.05. The van der Waals surface area contributed by atoms with Crippen molar-refractivity contribution in [3.8, 4) is 0 Å². The summed E-state index contributed by atoms with van der Waals surface area (Å²) >= 11 is 3.26. The van der Waals surface area contributed by atoms with Gasteiger partial charge in [-0.25, -0.2) is 8.42 Å². The summed E-state index contributed by atoms with van der Waals surface area (Å²) in [5.41, 5.74) is 6.09. The van der Waals surface area contributed by atoms with Gasteiger partial charge in [-0.2, -0.15) is 4.31 Å². The normalized spacial score (nSPS) is 13.7. The molecule has 0 aromatic heterocycles. The molecule has 108 valence electrons. The third-order valence-corrected chi connectivity index (χ3v) is 5.84. The summed E-state index contributed by atoms with van der Waals surface area (Å²) in [6.45, 7) is 4.32. The van der Waals surface area contributed by atoms with Crippen LogP contribution in [0.4, 0.5) is 5.69 Å². The highest BCUT2D eigenvalue weighted by Crippen LogP contribution is 2.28. The van der Waals surface area contributed by atoms with Crippen LogP contribution in [0, 0.1) is 0 Å². The summed E-state index contributed by atoms with van der Waals surface area (Å²) in [6, 6.07) is 4.50. The Bertz CT molecular complexity index is 534. The summed E-state index contributed by atoms with van der Waals surface area (Å²) in [5, 5.41) is 0. The zero-order valence-electron chi connectivity index (χ0n) is 11.3. The number of nitrogens with zero attached hydrogens (tertiary/aromatic N) is 1. The monoisotopic (exact) mass is 350 g/mol. The number of nitrogens with two attached hydrogens (primary N) is 1. The molecular weight excluding hydrogens is 332 g/mol. The molecule has 0 bridgehead atoms. The van der Waals surface area contributed by atoms with Gasteiger partial charge >= 0.3 is 0 Å². The molecule has 7 heteroatoms. The molecule has 0 fully saturated rings. The van der Waals surface area contributed by atoms with E-state index >= 15 is 0 Å². The van der Waals surface area contributed by atoms with Crippen molar-refractivity contribution in [2.45, 2.75) is 24.8 Å². The van der Waals surface area contributed by atoms with E-state index in [4.69, 9.17) is 10.5 Å². The van der Waals surface area contributed by atoms with Crippen molar-refractivity contribution >= 4 is 31.6 Å². The molecule has 1 aromatic carbocycles. The molecule has 1 atom stereocenters. The Balaban J connectivity index is 3.24. The van der Waals surface area contributed by atoms with Gasteiger partial charge in [0, 0.05) is 29.9 Å². The van der Waals surface area contributed by atoms with Crippen molar-refractivity contribution in [3.63, 3.8) is 0 Å². The Hall–Kier alpha value is -0.630. The van der Waals surface area contributed by atoms with Crippen LogP contribution in [0.25, 0.3) is 0 Å². The Kier molecular flexibility index (Phi) is 5.79. The van der Waals surface area contributed by atoms with Gasteiger partial charge in [-0.15, -0.1) is 0 Å². The predicted molar refractivity (Wildman–Crippen MR) is 79.5 cm³/mol. The van der Waals surface area contributed by atoms with Gasteiger partial charge < -0.3 is 10.5 Å². The summed E-state index contributed by atoms with van der Waals surface area (Å²) in [6.07, 6.45) is 0. The standard InChI is InChI=1S/C12H19BrN2O3S/c1-4-15(9(2)8-18-3)19(16,17)12-7-10(14)5-6-11(12)13/h5-7,9H,4,8,14H2,1-3H3. The van der Waals surface area contributed by atoms with Crippen molar-refractivity contribution in [2.75, 3.05) is 26.0 Å². The van der Waals surface area contributed by atoms with E-state index in [1.54, 1.807) is 26.2 Å². The predicted octanol–water partition coefficient (Wildman–Crippen LogP) is 2.08. The first-order valence-electron chi connectivity index (χ1n) is 5.90. The molecule has 5 nitrogen and oxygen atoms in total. The van der Waals surface area contributed by atoms with E-state index in [2.05, 4.69) is 15.9 Å². The molecule has 2 N–H and O–H groups in total. The number of ether oxygens (including phenoxy) is 1. The van der Waals surface area contributed by atoms with Crippen molar-refractivity contribution in [3.05, 3.63) is 22.7 Å². The topological polar surface area (TPSA) is 72.6 Å². The number of nitrogen functional groups attached to an aromatic ring is 1. The largest absolute Gasteiger partial charge is 0.399 e. The molecule has 0 amide bonds. The van der Waals surface area contributed by atoms with Crippen LogP contribution in [-0.4, -0.2) is 39.0 Å². The van der Waals surface area contributed by atoms with Gasteiger partial charge in [0.25, 0.3) is 0 Å². The number of anilines is 1. The minimum atomic E-state index is -3.60. The number of hydrogen-bond donors (Lipinski definition) is 1. The summed E-state index contributed by atoms with van der Waals surface area (Å²) < 4.78 is 32.2. The molecule has 1 rings (SSSR count). The van der Waals surface area contributed by atoms with Crippen LogP contribution < -0.4 is 5.73 Å². The molecule has 0 spiro atoms. The number of sulfonamides is 1. The fourth-order valence-electron chi connectivity index (χ4n) is 1.89. The summed E-state index contributed by atoms with van der Waals surface area (Å²) in [5.74, 6) is 0. The second-order valence-electron chi connectivity index (χ2n) is 4.20. The van der Waals surface area contributed by atoms with Gasteiger partial charge in [-0.1, -0.05) is 6.92 Å². The molecule has 1 aromatic rings. The lowest BCUT2D eigenvalue weighted by atomic mass is 10.3. The van der Waals surface area contributed by atoms with E-state index in [0.717, 1.165) is 0 Å². The third kappa shape index (κ3) is 3.68. The van der Waals surface area contributed by atoms with Gasteiger partial charge in [-0.05, 0) is 41.1 Å². The Labute approximate surface area is 122 Å². The van der Waals surface area contributed by atoms with E-state index in [0.29, 0.717) is 23.3 Å². The molecule has 0 saturated carbocycles. The molecule has 0 heterocycles. The second-order valence-corrected chi connectivity index (χ2v) is 6.92. The minimum absolute atomic E-state index is 0.178. The maximum absolute atomic E-state index is 12.6. The van der Waals surface area contributed by atoms with Gasteiger partial charge in [0.15, 0.2) is 0 Å². The lowest BCUT2D eigenvalue weighted by Crippen LogP contribution is -2.41. The number of benzene rings is 1. The fraction of sp³-hybridized carbons (Fsp3) is 0.500. The molecular formula is C12H19BrN2O3S.